The van der Waals surface area contributed by atoms with E-state index in [-0.39, 0.29) is 5.60 Å². The number of allylic oxidation sites excluding steroid dienone is 3. The van der Waals surface area contributed by atoms with E-state index < -0.39 is 0 Å². The molecule has 0 unspecified atom stereocenters. The highest BCUT2D eigenvalue weighted by Crippen LogP contribution is 2.09. The molecule has 2 heteroatoms. The molecule has 0 bridgehead atoms. The summed E-state index contributed by atoms with van der Waals surface area (Å²) in [6.07, 6.45) is 6.52. The fourth-order valence-electron chi connectivity index (χ4n) is 1.08. The summed E-state index contributed by atoms with van der Waals surface area (Å²) in [6.45, 7) is 12.8. The van der Waals surface area contributed by atoms with Gasteiger partial charge in [-0.3, -0.25) is 0 Å². The van der Waals surface area contributed by atoms with E-state index in [9.17, 15) is 0 Å². The monoisotopic (exact) mass is 226 g/mol. The Balaban J connectivity index is 3.67. The summed E-state index contributed by atoms with van der Waals surface area (Å²) in [5.74, 6) is 0. The van der Waals surface area contributed by atoms with Crippen LogP contribution in [-0.4, -0.2) is 12.2 Å². The quantitative estimate of drug-likeness (QED) is 0.289. The third-order valence-electron chi connectivity index (χ3n) is 1.90. The first-order chi connectivity index (χ1) is 7.31. The molecule has 0 aromatic rings. The summed E-state index contributed by atoms with van der Waals surface area (Å²) >= 11 is 0. The third kappa shape index (κ3) is 11.5. The van der Waals surface area contributed by atoms with Crippen LogP contribution in [0.5, 0.6) is 0 Å². The zero-order valence-electron chi connectivity index (χ0n) is 11.6. The highest BCUT2D eigenvalue weighted by Gasteiger charge is 2.10. The molecule has 0 aliphatic heterocycles. The lowest BCUT2D eigenvalue weighted by molar-refractivity contribution is -0.341. The standard InChI is InChI=1S/C14H26O2/c1-12(2)8-7-9-13(3)10-11-15-16-14(4,5)6/h8,10H,7,9,11H2,1-6H3. The minimum atomic E-state index is -0.232. The molecule has 0 heterocycles. The summed E-state index contributed by atoms with van der Waals surface area (Å²) in [6, 6.07) is 0. The molecule has 0 fully saturated rings. The van der Waals surface area contributed by atoms with E-state index in [2.05, 4.69) is 32.9 Å². The first kappa shape index (κ1) is 15.4. The van der Waals surface area contributed by atoms with E-state index in [4.69, 9.17) is 9.78 Å². The molecule has 0 saturated heterocycles. The minimum Gasteiger partial charge on any atom is -0.232 e. The van der Waals surface area contributed by atoms with E-state index in [0.29, 0.717) is 6.61 Å². The van der Waals surface area contributed by atoms with Gasteiger partial charge in [0.15, 0.2) is 0 Å². The predicted octanol–water partition coefficient (Wildman–Crippen LogP) is 4.43. The summed E-state index contributed by atoms with van der Waals surface area (Å²) < 4.78 is 0. The average Bonchev–Trinajstić information content (AvgIpc) is 2.10. The third-order valence-corrected chi connectivity index (χ3v) is 1.90. The molecule has 0 spiro atoms. The van der Waals surface area contributed by atoms with Gasteiger partial charge in [-0.05, 0) is 54.4 Å². The van der Waals surface area contributed by atoms with Gasteiger partial charge in [0.25, 0.3) is 0 Å². The molecule has 0 aliphatic carbocycles. The van der Waals surface area contributed by atoms with Crippen LogP contribution < -0.4 is 0 Å². The Morgan fingerprint density at radius 1 is 1.06 bits per heavy atom. The van der Waals surface area contributed by atoms with Gasteiger partial charge in [-0.2, -0.15) is 0 Å². The van der Waals surface area contributed by atoms with Crippen LogP contribution in [0.3, 0.4) is 0 Å². The molecule has 0 rings (SSSR count). The lowest BCUT2D eigenvalue weighted by Crippen LogP contribution is -2.19. The Morgan fingerprint density at radius 2 is 1.69 bits per heavy atom. The summed E-state index contributed by atoms with van der Waals surface area (Å²) in [5.41, 5.74) is 2.49. The topological polar surface area (TPSA) is 18.5 Å². The molecule has 0 atom stereocenters. The molecule has 0 N–H and O–H groups in total. The van der Waals surface area contributed by atoms with Gasteiger partial charge < -0.3 is 0 Å². The van der Waals surface area contributed by atoms with Crippen LogP contribution in [0.15, 0.2) is 23.3 Å². The molecular weight excluding hydrogens is 200 g/mol. The molecule has 0 aromatic carbocycles. The smallest absolute Gasteiger partial charge is 0.101 e. The SMILES string of the molecule is CC(C)=CCCC(C)=CCOOC(C)(C)C. The molecule has 0 aromatic heterocycles. The summed E-state index contributed by atoms with van der Waals surface area (Å²) in [4.78, 5) is 10.3. The lowest BCUT2D eigenvalue weighted by atomic mass is 10.1. The number of hydrogen-bond acceptors (Lipinski definition) is 2. The molecule has 0 saturated carbocycles. The largest absolute Gasteiger partial charge is 0.232 e. The van der Waals surface area contributed by atoms with Crippen LogP contribution in [0, 0.1) is 0 Å². The molecule has 0 radical (unpaired) electrons. The van der Waals surface area contributed by atoms with Gasteiger partial charge in [-0.15, -0.1) is 0 Å². The zero-order chi connectivity index (χ0) is 12.6. The Bertz CT molecular complexity index is 240. The van der Waals surface area contributed by atoms with Gasteiger partial charge in [0.1, 0.15) is 6.61 Å². The maximum absolute atomic E-state index is 5.17. The Labute approximate surface area is 100 Å². The van der Waals surface area contributed by atoms with Crippen LogP contribution in [0.1, 0.15) is 54.4 Å². The van der Waals surface area contributed by atoms with Crippen LogP contribution in [0.2, 0.25) is 0 Å². The van der Waals surface area contributed by atoms with Crippen molar-refractivity contribution < 1.29 is 9.78 Å². The van der Waals surface area contributed by atoms with Crippen LogP contribution in [-0.2, 0) is 9.78 Å². The van der Waals surface area contributed by atoms with Crippen molar-refractivity contribution >= 4 is 0 Å². The van der Waals surface area contributed by atoms with Crippen LogP contribution in [0.4, 0.5) is 0 Å². The maximum Gasteiger partial charge on any atom is 0.101 e. The second kappa shape index (κ2) is 7.64. The van der Waals surface area contributed by atoms with Crippen molar-refractivity contribution in [3.63, 3.8) is 0 Å². The second-order valence-corrected chi connectivity index (χ2v) is 5.35. The molecule has 94 valence electrons. The van der Waals surface area contributed by atoms with Crippen LogP contribution >= 0.6 is 0 Å². The van der Waals surface area contributed by atoms with Gasteiger partial charge in [0, 0.05) is 0 Å². The number of rotatable bonds is 6. The predicted molar refractivity (Wildman–Crippen MR) is 69.2 cm³/mol. The summed E-state index contributed by atoms with van der Waals surface area (Å²) in [5, 5.41) is 0. The highest BCUT2D eigenvalue weighted by atomic mass is 17.2. The van der Waals surface area contributed by atoms with E-state index >= 15 is 0 Å². The van der Waals surface area contributed by atoms with Gasteiger partial charge in [-0.1, -0.05) is 23.3 Å². The van der Waals surface area contributed by atoms with Gasteiger partial charge in [0.05, 0.1) is 5.60 Å². The van der Waals surface area contributed by atoms with Gasteiger partial charge >= 0.3 is 0 Å². The van der Waals surface area contributed by atoms with Gasteiger partial charge in [0.2, 0.25) is 0 Å². The van der Waals surface area contributed by atoms with Crippen molar-refractivity contribution in [2.75, 3.05) is 6.61 Å². The molecule has 16 heavy (non-hydrogen) atoms. The van der Waals surface area contributed by atoms with Gasteiger partial charge in [-0.25, -0.2) is 9.78 Å². The average molecular weight is 226 g/mol. The molecule has 0 amide bonds. The van der Waals surface area contributed by atoms with Crippen molar-refractivity contribution in [1.29, 1.82) is 0 Å². The first-order valence-electron chi connectivity index (χ1n) is 5.91. The van der Waals surface area contributed by atoms with E-state index in [1.807, 2.05) is 20.8 Å². The molecular formula is C14H26O2. The zero-order valence-corrected chi connectivity index (χ0v) is 11.6. The number of hydrogen-bond donors (Lipinski definition) is 0. The van der Waals surface area contributed by atoms with E-state index in [0.717, 1.165) is 12.8 Å². The summed E-state index contributed by atoms with van der Waals surface area (Å²) in [7, 11) is 0. The second-order valence-electron chi connectivity index (χ2n) is 5.35. The Morgan fingerprint density at radius 3 is 2.19 bits per heavy atom. The van der Waals surface area contributed by atoms with E-state index in [1.54, 1.807) is 0 Å². The molecule has 0 aliphatic rings. The highest BCUT2D eigenvalue weighted by molar-refractivity contribution is 5.02. The fourth-order valence-corrected chi connectivity index (χ4v) is 1.08. The van der Waals surface area contributed by atoms with Crippen molar-refractivity contribution in [1.82, 2.24) is 0 Å². The van der Waals surface area contributed by atoms with Crippen molar-refractivity contribution in [2.24, 2.45) is 0 Å². The first-order valence-corrected chi connectivity index (χ1v) is 5.91. The molecule has 2 nitrogen and oxygen atoms in total. The van der Waals surface area contributed by atoms with Crippen LogP contribution in [0.25, 0.3) is 0 Å². The maximum atomic E-state index is 5.17. The van der Waals surface area contributed by atoms with Crippen molar-refractivity contribution in [3.8, 4) is 0 Å². The van der Waals surface area contributed by atoms with Crippen molar-refractivity contribution in [3.05, 3.63) is 23.3 Å². The minimum absolute atomic E-state index is 0.232. The Kier molecular flexibility index (Phi) is 7.35. The lowest BCUT2D eigenvalue weighted by Gasteiger charge is -2.16. The van der Waals surface area contributed by atoms with Crippen molar-refractivity contribution in [2.45, 2.75) is 60.0 Å². The van der Waals surface area contributed by atoms with E-state index in [1.165, 1.54) is 11.1 Å². The normalized spacial score (nSPS) is 12.8. The Hall–Kier alpha value is -0.600. The fraction of sp³-hybridized carbons (Fsp3) is 0.714.